The Hall–Kier alpha value is 0.224. The Kier molecular flexibility index (Phi) is 14.0. The van der Waals surface area contributed by atoms with Crippen LogP contribution in [0.5, 0.6) is 0 Å². The minimum atomic E-state index is -2.49. The van der Waals surface area contributed by atoms with Gasteiger partial charge in [-0.2, -0.15) is 0 Å². The summed E-state index contributed by atoms with van der Waals surface area (Å²) in [5.41, 5.74) is 0. The molecule has 0 rings (SSSR count). The van der Waals surface area contributed by atoms with Crippen LogP contribution in [0.25, 0.3) is 0 Å². The Morgan fingerprint density at radius 1 is 0.952 bits per heavy atom. The Bertz CT molecular complexity index is 220. The smallest absolute Gasteiger partial charge is 0.247 e. The van der Waals surface area contributed by atoms with Crippen molar-refractivity contribution >= 4 is 17.9 Å². The van der Waals surface area contributed by atoms with Crippen LogP contribution in [0.2, 0.25) is 30.2 Å². The van der Waals surface area contributed by atoms with Crippen molar-refractivity contribution in [1.29, 1.82) is 0 Å². The Morgan fingerprint density at radius 3 is 2.05 bits per heavy atom. The molecule has 0 fully saturated rings. The van der Waals surface area contributed by atoms with Crippen LogP contribution in [0, 0.1) is 0 Å². The molecule has 1 unspecified atom stereocenters. The highest BCUT2D eigenvalue weighted by Gasteiger charge is 2.31. The summed E-state index contributed by atoms with van der Waals surface area (Å²) in [7, 11) is -2.90. The molecule has 0 spiro atoms. The highest BCUT2D eigenvalue weighted by Crippen LogP contribution is 2.29. The number of unbranched alkanes of at least 4 members (excludes halogenated alkanes) is 3. The predicted molar refractivity (Wildman–Crippen MR) is 94.0 cm³/mol. The highest BCUT2D eigenvalue weighted by molar-refractivity contribution is 6.73. The summed E-state index contributed by atoms with van der Waals surface area (Å²) >= 11 is 0. The third-order valence-electron chi connectivity index (χ3n) is 4.27. The first-order valence-corrected chi connectivity index (χ1v) is 13.5. The third-order valence-corrected chi connectivity index (χ3v) is 10.1. The van der Waals surface area contributed by atoms with Gasteiger partial charge in [-0.05, 0) is 24.2 Å². The average Bonchev–Trinajstić information content (AvgIpc) is 2.47. The zero-order chi connectivity index (χ0) is 16.0. The molecule has 0 saturated carbocycles. The summed E-state index contributed by atoms with van der Waals surface area (Å²) in [6.07, 6.45) is 5.44. The first kappa shape index (κ1) is 21.2. The molecule has 21 heavy (non-hydrogen) atoms. The van der Waals surface area contributed by atoms with Crippen LogP contribution in [0.15, 0.2) is 0 Å². The van der Waals surface area contributed by atoms with Crippen LogP contribution < -0.4 is 0 Å². The molecule has 0 N–H and O–H groups in total. The second-order valence-electron chi connectivity index (χ2n) is 6.39. The van der Waals surface area contributed by atoms with Gasteiger partial charge in [0.1, 0.15) is 0 Å². The van der Waals surface area contributed by atoms with Crippen LogP contribution in [0.3, 0.4) is 0 Å². The second-order valence-corrected chi connectivity index (χ2v) is 12.2. The lowest BCUT2D eigenvalue weighted by Crippen LogP contribution is -2.28. The molecule has 0 saturated heterocycles. The van der Waals surface area contributed by atoms with Gasteiger partial charge in [0.05, 0.1) is 12.8 Å². The van der Waals surface area contributed by atoms with E-state index in [1.165, 1.54) is 0 Å². The summed E-state index contributed by atoms with van der Waals surface area (Å²) in [6, 6.07) is 4.19. The fourth-order valence-corrected chi connectivity index (χ4v) is 8.12. The van der Waals surface area contributed by atoms with Gasteiger partial charge in [-0.15, -0.1) is 0 Å². The SMILES string of the molecule is CCCC[Si](F)(CCCC)CCCC[SiH2]CC(F)CCF. The molecular formula is C16H35F3Si2. The summed E-state index contributed by atoms with van der Waals surface area (Å²) in [5, 5.41) is 0. The van der Waals surface area contributed by atoms with Gasteiger partial charge in [-0.25, -0.2) is 4.39 Å². The van der Waals surface area contributed by atoms with Gasteiger partial charge in [0, 0.05) is 15.9 Å². The van der Waals surface area contributed by atoms with Gasteiger partial charge in [-0.3, -0.25) is 4.39 Å². The molecule has 0 radical (unpaired) electrons. The molecule has 1 atom stereocenters. The van der Waals surface area contributed by atoms with E-state index in [2.05, 4.69) is 13.8 Å². The summed E-state index contributed by atoms with van der Waals surface area (Å²) in [4.78, 5) is 0. The summed E-state index contributed by atoms with van der Waals surface area (Å²) in [5.74, 6) is 0. The molecule has 5 heteroatoms. The van der Waals surface area contributed by atoms with Crippen LogP contribution in [0.4, 0.5) is 12.9 Å². The summed E-state index contributed by atoms with van der Waals surface area (Å²) < 4.78 is 40.0. The highest BCUT2D eigenvalue weighted by atomic mass is 28.4. The van der Waals surface area contributed by atoms with E-state index in [1.807, 2.05) is 0 Å². The minimum absolute atomic E-state index is 0.0710. The Labute approximate surface area is 133 Å². The maximum atomic E-state index is 15.0. The molecule has 0 aromatic rings. The standard InChI is InChI=1S/C16H35F3Si2/c1-3-5-12-21(19,13-6-4-2)14-8-7-11-20-15-16(18)9-10-17/h16H,3-15,20H2,1-2H3. The molecular weight excluding hydrogens is 305 g/mol. The molecule has 0 aliphatic rings. The van der Waals surface area contributed by atoms with Gasteiger partial charge >= 0.3 is 0 Å². The number of halogens is 3. The lowest BCUT2D eigenvalue weighted by atomic mass is 10.3. The molecule has 0 aromatic heterocycles. The van der Waals surface area contributed by atoms with Gasteiger partial charge in [-0.1, -0.05) is 58.4 Å². The van der Waals surface area contributed by atoms with Crippen LogP contribution in [0.1, 0.15) is 58.8 Å². The first-order chi connectivity index (χ1) is 10.1. The lowest BCUT2D eigenvalue weighted by molar-refractivity contribution is 0.304. The predicted octanol–water partition coefficient (Wildman–Crippen LogP) is 5.98. The normalized spacial score (nSPS) is 14.1. The number of hydrogen-bond acceptors (Lipinski definition) is 0. The number of alkyl halides is 2. The van der Waals surface area contributed by atoms with Gasteiger partial charge in [0.2, 0.25) is 8.41 Å². The van der Waals surface area contributed by atoms with E-state index in [0.29, 0.717) is 6.04 Å². The molecule has 128 valence electrons. The zero-order valence-corrected chi connectivity index (χ0v) is 16.5. The van der Waals surface area contributed by atoms with E-state index in [9.17, 15) is 12.9 Å². The fraction of sp³-hybridized carbons (Fsp3) is 1.00. The monoisotopic (exact) mass is 340 g/mol. The zero-order valence-electron chi connectivity index (χ0n) is 14.1. The molecule has 0 amide bonds. The topological polar surface area (TPSA) is 0 Å². The van der Waals surface area contributed by atoms with Crippen LogP contribution in [-0.2, 0) is 0 Å². The fourth-order valence-electron chi connectivity index (χ4n) is 2.79. The largest absolute Gasteiger partial charge is 0.314 e. The van der Waals surface area contributed by atoms with E-state index in [0.717, 1.165) is 62.7 Å². The van der Waals surface area contributed by atoms with Crippen molar-refractivity contribution in [2.24, 2.45) is 0 Å². The quantitative estimate of drug-likeness (QED) is 0.195. The minimum Gasteiger partial charge on any atom is -0.314 e. The van der Waals surface area contributed by atoms with E-state index in [1.54, 1.807) is 0 Å². The van der Waals surface area contributed by atoms with E-state index in [4.69, 9.17) is 0 Å². The van der Waals surface area contributed by atoms with E-state index < -0.39 is 30.8 Å². The molecule has 0 aliphatic heterocycles. The Morgan fingerprint density at radius 2 is 1.52 bits per heavy atom. The first-order valence-electron chi connectivity index (χ1n) is 8.97. The molecule has 0 bridgehead atoms. The van der Waals surface area contributed by atoms with Crippen molar-refractivity contribution in [3.63, 3.8) is 0 Å². The average molecular weight is 341 g/mol. The van der Waals surface area contributed by atoms with Crippen LogP contribution >= 0.6 is 0 Å². The maximum Gasteiger partial charge on any atom is 0.247 e. The molecule has 0 aliphatic carbocycles. The van der Waals surface area contributed by atoms with Crippen molar-refractivity contribution in [2.75, 3.05) is 6.67 Å². The lowest BCUT2D eigenvalue weighted by Gasteiger charge is -2.22. The summed E-state index contributed by atoms with van der Waals surface area (Å²) in [6.45, 7) is 3.72. The third kappa shape index (κ3) is 12.5. The van der Waals surface area contributed by atoms with Crippen molar-refractivity contribution < 1.29 is 12.9 Å². The molecule has 0 aromatic carbocycles. The van der Waals surface area contributed by atoms with Gasteiger partial charge < -0.3 is 4.11 Å². The Balaban J connectivity index is 3.76. The van der Waals surface area contributed by atoms with Crippen molar-refractivity contribution in [3.8, 4) is 0 Å². The number of rotatable bonds is 15. The molecule has 0 heterocycles. The van der Waals surface area contributed by atoms with E-state index in [-0.39, 0.29) is 6.42 Å². The van der Waals surface area contributed by atoms with Crippen LogP contribution in [-0.4, -0.2) is 30.8 Å². The number of hydrogen-bond donors (Lipinski definition) is 0. The van der Waals surface area contributed by atoms with Gasteiger partial charge in [0.25, 0.3) is 0 Å². The maximum absolute atomic E-state index is 15.0. The van der Waals surface area contributed by atoms with Crippen molar-refractivity contribution in [3.05, 3.63) is 0 Å². The van der Waals surface area contributed by atoms with E-state index >= 15 is 0 Å². The van der Waals surface area contributed by atoms with Gasteiger partial charge in [0.15, 0.2) is 0 Å². The second kappa shape index (κ2) is 13.9. The molecule has 0 nitrogen and oxygen atoms in total. The van der Waals surface area contributed by atoms with Crippen molar-refractivity contribution in [1.82, 2.24) is 0 Å². The van der Waals surface area contributed by atoms with Crippen molar-refractivity contribution in [2.45, 2.75) is 95.2 Å².